The second-order valence-corrected chi connectivity index (χ2v) is 10.1. The molecule has 0 aliphatic carbocycles. The van der Waals surface area contributed by atoms with E-state index in [1.54, 1.807) is 37.1 Å². The smallest absolute Gasteiger partial charge is 0.334 e. The number of fused-ring (bicyclic) bond motifs is 1. The summed E-state index contributed by atoms with van der Waals surface area (Å²) in [4.78, 5) is 44.1. The minimum Gasteiger partial charge on any atom is -0.497 e. The van der Waals surface area contributed by atoms with Crippen LogP contribution in [0.4, 0.5) is 9.18 Å². The summed E-state index contributed by atoms with van der Waals surface area (Å²) in [5, 5.41) is 5.94. The molecule has 2 aliphatic rings. The van der Waals surface area contributed by atoms with Gasteiger partial charge in [0.1, 0.15) is 23.8 Å². The van der Waals surface area contributed by atoms with Crippen molar-refractivity contribution in [1.29, 1.82) is 0 Å². The van der Waals surface area contributed by atoms with Gasteiger partial charge in [-0.3, -0.25) is 9.59 Å². The number of amides is 4. The van der Waals surface area contributed by atoms with Gasteiger partial charge in [0.2, 0.25) is 11.8 Å². The van der Waals surface area contributed by atoms with Gasteiger partial charge < -0.3 is 19.9 Å². The first-order valence-corrected chi connectivity index (χ1v) is 13.4. The quantitative estimate of drug-likeness (QED) is 0.471. The summed E-state index contributed by atoms with van der Waals surface area (Å²) >= 11 is 0. The summed E-state index contributed by atoms with van der Waals surface area (Å²) in [5.41, 5.74) is 2.45. The number of carbonyl (C=O) groups is 3. The number of piperazine rings is 1. The normalized spacial score (nSPS) is 20.1. The third kappa shape index (κ3) is 6.83. The predicted molar refractivity (Wildman–Crippen MR) is 154 cm³/mol. The van der Waals surface area contributed by atoms with E-state index < -0.39 is 24.1 Å². The molecule has 216 valence electrons. The van der Waals surface area contributed by atoms with E-state index in [1.807, 2.05) is 54.6 Å². The van der Waals surface area contributed by atoms with Gasteiger partial charge in [-0.25, -0.2) is 19.2 Å². The number of ether oxygens (including phenoxy) is 1. The zero-order chi connectivity index (χ0) is 29.5. The molecular weight excluding hydrogens is 525 g/mol. The van der Waals surface area contributed by atoms with Gasteiger partial charge in [-0.15, -0.1) is 0 Å². The highest BCUT2D eigenvalue weighted by Crippen LogP contribution is 2.34. The molecule has 0 aromatic heterocycles. The molecule has 10 heteroatoms. The maximum atomic E-state index is 13.9. The number of carbonyl (C=O) groups excluding carboxylic acids is 3. The Morgan fingerprint density at radius 1 is 1.12 bits per heavy atom. The summed E-state index contributed by atoms with van der Waals surface area (Å²) < 4.78 is 18.7. The fourth-order valence-electron chi connectivity index (χ4n) is 5.06. The van der Waals surface area contributed by atoms with Gasteiger partial charge in [0.25, 0.3) is 0 Å². The van der Waals surface area contributed by atoms with Crippen molar-refractivity contribution in [2.45, 2.75) is 25.6 Å². The van der Waals surface area contributed by atoms with E-state index in [0.29, 0.717) is 18.5 Å². The van der Waals surface area contributed by atoms with Crippen molar-refractivity contribution in [3.63, 3.8) is 0 Å². The number of methoxy groups -OCH3 is 1. The highest BCUT2D eigenvalue weighted by atomic mass is 19.1. The number of hydrogen-bond donors (Lipinski definition) is 1. The van der Waals surface area contributed by atoms with Crippen molar-refractivity contribution in [3.05, 3.63) is 102 Å². The van der Waals surface area contributed by atoms with E-state index in [9.17, 15) is 18.8 Å². The van der Waals surface area contributed by atoms with Crippen LogP contribution in [-0.4, -0.2) is 84.2 Å². The number of rotatable bonds is 9. The summed E-state index contributed by atoms with van der Waals surface area (Å²) in [6.07, 6.45) is 3.82. The van der Waals surface area contributed by atoms with Crippen LogP contribution in [-0.2, 0) is 16.0 Å². The Bertz CT molecular complexity index is 1330. The van der Waals surface area contributed by atoms with Crippen molar-refractivity contribution < 1.29 is 23.5 Å². The average molecular weight is 562 g/mol. The Morgan fingerprint density at radius 3 is 2.49 bits per heavy atom. The van der Waals surface area contributed by atoms with Crippen LogP contribution in [0.5, 0.6) is 5.75 Å². The van der Waals surface area contributed by atoms with Crippen molar-refractivity contribution in [2.75, 3.05) is 40.3 Å². The highest BCUT2D eigenvalue weighted by molar-refractivity contribution is 5.92. The third-order valence-corrected chi connectivity index (χ3v) is 7.22. The van der Waals surface area contributed by atoms with E-state index in [2.05, 4.69) is 11.9 Å². The van der Waals surface area contributed by atoms with Crippen molar-refractivity contribution in [3.8, 4) is 5.75 Å². The number of halogens is 1. The molecule has 2 aliphatic heterocycles. The van der Waals surface area contributed by atoms with Gasteiger partial charge >= 0.3 is 6.03 Å². The lowest BCUT2D eigenvalue weighted by Crippen LogP contribution is -2.74. The minimum atomic E-state index is -0.865. The Morgan fingerprint density at radius 2 is 1.83 bits per heavy atom. The lowest BCUT2D eigenvalue weighted by Gasteiger charge is -2.54. The number of hydrazine groups is 1. The fraction of sp³-hybridized carbons (Fsp3) is 0.323. The number of benzene rings is 2. The van der Waals surface area contributed by atoms with E-state index >= 15 is 0 Å². The van der Waals surface area contributed by atoms with Crippen LogP contribution < -0.4 is 10.1 Å². The molecular formula is C31H36FN5O4. The number of allylic oxidation sites excluding steroid dienone is 4. The van der Waals surface area contributed by atoms with Crippen LogP contribution in [0.25, 0.3) is 0 Å². The standard InChI is InChI=1S/C31H36FN5O4/c1-5-25(32)14-11-22(2)19-33-31(40)37-27-20-35(18-17-23-12-15-26(41-4)16-13-23)30(39)29(24-9-7-6-8-10-24)36(27)28(38)21-34(37)3/h5-16,27,29H,1,17-21H2,2-4H3,(H,33,40)/b22-11+,25-14+/t27-,29-/m0/s1. The number of likely N-dealkylation sites (N-methyl/N-ethyl adjacent to an activating group) is 1. The monoisotopic (exact) mass is 561 g/mol. The summed E-state index contributed by atoms with van der Waals surface area (Å²) in [7, 11) is 3.29. The lowest BCUT2D eigenvalue weighted by atomic mass is 9.98. The highest BCUT2D eigenvalue weighted by Gasteiger charge is 2.51. The number of nitrogens with one attached hydrogen (secondary N) is 1. The fourth-order valence-corrected chi connectivity index (χ4v) is 5.06. The molecule has 0 saturated carbocycles. The molecule has 4 rings (SSSR count). The molecule has 2 aromatic rings. The molecule has 4 amide bonds. The lowest BCUT2D eigenvalue weighted by molar-refractivity contribution is -0.187. The van der Waals surface area contributed by atoms with Crippen LogP contribution in [0.3, 0.4) is 0 Å². The molecule has 2 heterocycles. The first-order chi connectivity index (χ1) is 19.7. The number of urea groups is 1. The van der Waals surface area contributed by atoms with Crippen LogP contribution in [0.2, 0.25) is 0 Å². The molecule has 9 nitrogen and oxygen atoms in total. The van der Waals surface area contributed by atoms with Crippen LogP contribution >= 0.6 is 0 Å². The molecule has 0 radical (unpaired) electrons. The van der Waals surface area contributed by atoms with Crippen molar-refractivity contribution >= 4 is 17.8 Å². The maximum Gasteiger partial charge on any atom is 0.334 e. The van der Waals surface area contributed by atoms with E-state index in [-0.39, 0.29) is 31.4 Å². The average Bonchev–Trinajstić information content (AvgIpc) is 2.98. The zero-order valence-corrected chi connectivity index (χ0v) is 23.6. The number of hydrogen-bond acceptors (Lipinski definition) is 5. The van der Waals surface area contributed by atoms with Crippen LogP contribution in [0, 0.1) is 0 Å². The van der Waals surface area contributed by atoms with E-state index in [0.717, 1.165) is 23.0 Å². The van der Waals surface area contributed by atoms with Gasteiger partial charge in [0, 0.05) is 20.1 Å². The molecule has 2 aromatic carbocycles. The van der Waals surface area contributed by atoms with Crippen LogP contribution in [0.1, 0.15) is 24.1 Å². The van der Waals surface area contributed by atoms with Crippen molar-refractivity contribution in [1.82, 2.24) is 25.1 Å². The van der Waals surface area contributed by atoms with Crippen molar-refractivity contribution in [2.24, 2.45) is 0 Å². The summed E-state index contributed by atoms with van der Waals surface area (Å²) in [6, 6.07) is 15.5. The second-order valence-electron chi connectivity index (χ2n) is 10.1. The molecule has 0 unspecified atom stereocenters. The van der Waals surface area contributed by atoms with Crippen LogP contribution in [0.15, 0.2) is 90.8 Å². The first kappa shape index (κ1) is 29.5. The van der Waals surface area contributed by atoms with Gasteiger partial charge in [-0.1, -0.05) is 60.7 Å². The maximum absolute atomic E-state index is 13.9. The summed E-state index contributed by atoms with van der Waals surface area (Å²) in [5.74, 6) is -0.150. The zero-order valence-electron chi connectivity index (χ0n) is 23.6. The third-order valence-electron chi connectivity index (χ3n) is 7.22. The predicted octanol–water partition coefficient (Wildman–Crippen LogP) is 3.83. The topological polar surface area (TPSA) is 85.4 Å². The Kier molecular flexibility index (Phi) is 9.57. The Labute approximate surface area is 240 Å². The van der Waals surface area contributed by atoms with Gasteiger partial charge in [-0.05, 0) is 48.8 Å². The molecule has 41 heavy (non-hydrogen) atoms. The van der Waals surface area contributed by atoms with E-state index in [4.69, 9.17) is 4.74 Å². The largest absolute Gasteiger partial charge is 0.497 e. The molecule has 0 bridgehead atoms. The Hall–Kier alpha value is -4.44. The van der Waals surface area contributed by atoms with E-state index in [1.165, 1.54) is 16.0 Å². The molecule has 2 saturated heterocycles. The van der Waals surface area contributed by atoms with Gasteiger partial charge in [0.15, 0.2) is 0 Å². The first-order valence-electron chi connectivity index (χ1n) is 13.4. The number of nitrogens with zero attached hydrogens (tertiary/aromatic N) is 4. The molecule has 1 N–H and O–H groups in total. The molecule has 0 spiro atoms. The van der Waals surface area contributed by atoms with Gasteiger partial charge in [0.05, 0.1) is 20.2 Å². The Balaban J connectivity index is 1.60. The second kappa shape index (κ2) is 13.3. The SMILES string of the molecule is C=C/C(F)=C\C=C(/C)CNC(=O)N1[C@H]2CN(CCc3ccc(OC)cc3)C(=O)[C@H](c3ccccc3)N2C(=O)CN1C. The van der Waals surface area contributed by atoms with Gasteiger partial charge in [-0.2, -0.15) is 0 Å². The summed E-state index contributed by atoms with van der Waals surface area (Å²) in [6.45, 7) is 5.84. The minimum absolute atomic E-state index is 0.0610. The molecule has 2 atom stereocenters. The molecule has 2 fully saturated rings.